The van der Waals surface area contributed by atoms with Crippen LogP contribution < -0.4 is 25.8 Å². The summed E-state index contributed by atoms with van der Waals surface area (Å²) in [6.07, 6.45) is -1.60. The highest BCUT2D eigenvalue weighted by Crippen LogP contribution is 2.35. The van der Waals surface area contributed by atoms with Gasteiger partial charge in [-0.2, -0.15) is 26.6 Å². The van der Waals surface area contributed by atoms with E-state index >= 15 is 0 Å². The number of rotatable bonds is 7. The Bertz CT molecular complexity index is 2070. The standard InChI is InChI=1S/C32H34F3N7O3.CH4O3S/c1-7-28(43)37-22-11-21(32(33,34)35)12-24(13-22)42-29(44)10-18(2)25-15-36-31(39-30(25)42)38-26-9-8-23(14-27(26)45-6)41-16-19(3)40(5)20(4)17-41;1-5(2,3)4/h7-15,19-20H,1,16-17H2,2-6H3,(H,37,43)(H,36,38,39);1H3,(H,2,3,4). The van der Waals surface area contributed by atoms with Crippen LogP contribution in [0.4, 0.5) is 36.2 Å². The summed E-state index contributed by atoms with van der Waals surface area (Å²) < 4.78 is 74.2. The van der Waals surface area contributed by atoms with Crippen LogP contribution in [-0.2, 0) is 21.1 Å². The molecule has 2 aromatic carbocycles. The predicted octanol–water partition coefficient (Wildman–Crippen LogP) is 5.02. The Labute approximate surface area is 287 Å². The number of nitrogens with zero attached hydrogens (tertiary/aromatic N) is 5. The zero-order valence-electron chi connectivity index (χ0n) is 28.2. The minimum absolute atomic E-state index is 0.0776. The number of hydrogen-bond acceptors (Lipinski definition) is 10. The summed E-state index contributed by atoms with van der Waals surface area (Å²) in [6, 6.07) is 10.7. The molecule has 2 atom stereocenters. The second-order valence-corrected chi connectivity index (χ2v) is 13.4. The molecule has 13 nitrogen and oxygen atoms in total. The molecule has 1 saturated heterocycles. The third-order valence-electron chi connectivity index (χ3n) is 8.08. The second kappa shape index (κ2) is 14.9. The van der Waals surface area contributed by atoms with Crippen molar-refractivity contribution in [1.82, 2.24) is 19.4 Å². The number of carbonyl (C=O) groups excluding carboxylic acids is 1. The number of carbonyl (C=O) groups is 1. The van der Waals surface area contributed by atoms with Gasteiger partial charge >= 0.3 is 6.18 Å². The third-order valence-corrected chi connectivity index (χ3v) is 8.08. The molecule has 3 heterocycles. The molecular formula is C33H38F3N7O6S. The van der Waals surface area contributed by atoms with Crippen molar-refractivity contribution in [3.05, 3.63) is 82.8 Å². The number of piperazine rings is 1. The molecule has 0 saturated carbocycles. The summed E-state index contributed by atoms with van der Waals surface area (Å²) in [5.41, 5.74) is 0.219. The van der Waals surface area contributed by atoms with E-state index in [-0.39, 0.29) is 23.0 Å². The number of aryl methyl sites for hydroxylation is 1. The van der Waals surface area contributed by atoms with E-state index in [0.717, 1.165) is 41.6 Å². The Hall–Kier alpha value is -5.00. The van der Waals surface area contributed by atoms with Crippen molar-refractivity contribution < 1.29 is 35.7 Å². The van der Waals surface area contributed by atoms with E-state index in [1.54, 1.807) is 14.0 Å². The Morgan fingerprint density at radius 2 is 1.74 bits per heavy atom. The number of halogens is 3. The average Bonchev–Trinajstić information content (AvgIpc) is 3.02. The van der Waals surface area contributed by atoms with E-state index in [1.165, 1.54) is 18.3 Å². The smallest absolute Gasteiger partial charge is 0.416 e. The maximum atomic E-state index is 13.9. The van der Waals surface area contributed by atoms with Crippen LogP contribution >= 0.6 is 0 Å². The predicted molar refractivity (Wildman–Crippen MR) is 186 cm³/mol. The molecule has 2 unspecified atom stereocenters. The fourth-order valence-electron chi connectivity index (χ4n) is 5.45. The molecule has 3 N–H and O–H groups in total. The number of ether oxygens (including phenoxy) is 1. The van der Waals surface area contributed by atoms with Gasteiger partial charge in [-0.1, -0.05) is 6.58 Å². The van der Waals surface area contributed by atoms with Gasteiger partial charge in [-0.15, -0.1) is 0 Å². The van der Waals surface area contributed by atoms with E-state index in [1.807, 2.05) is 18.2 Å². The number of aromatic nitrogens is 3. The van der Waals surface area contributed by atoms with Gasteiger partial charge in [0.15, 0.2) is 5.65 Å². The molecule has 50 heavy (non-hydrogen) atoms. The number of alkyl halides is 3. The summed E-state index contributed by atoms with van der Waals surface area (Å²) >= 11 is 0. The van der Waals surface area contributed by atoms with Crippen LogP contribution in [0.1, 0.15) is 25.0 Å². The Kier molecular flexibility index (Phi) is 11.2. The minimum atomic E-state index is -4.75. The monoisotopic (exact) mass is 717 g/mol. The van der Waals surface area contributed by atoms with Gasteiger partial charge in [0.1, 0.15) is 5.75 Å². The maximum Gasteiger partial charge on any atom is 0.416 e. The topological polar surface area (TPSA) is 159 Å². The number of hydrogen-bond donors (Lipinski definition) is 3. The summed E-state index contributed by atoms with van der Waals surface area (Å²) in [7, 11) is 0.00960. The third kappa shape index (κ3) is 9.16. The van der Waals surface area contributed by atoms with Crippen molar-refractivity contribution in [1.29, 1.82) is 0 Å². The van der Waals surface area contributed by atoms with Crippen LogP contribution in [0.25, 0.3) is 16.7 Å². The molecule has 0 bridgehead atoms. The van der Waals surface area contributed by atoms with Crippen LogP contribution in [0, 0.1) is 6.92 Å². The first-order valence-corrected chi connectivity index (χ1v) is 17.0. The molecule has 4 aromatic rings. The summed E-state index contributed by atoms with van der Waals surface area (Å²) in [4.78, 5) is 38.8. The summed E-state index contributed by atoms with van der Waals surface area (Å²) in [5.74, 6) is -0.0642. The van der Waals surface area contributed by atoms with Crippen LogP contribution in [-0.4, -0.2) is 83.9 Å². The molecule has 1 fully saturated rings. The molecule has 0 aliphatic carbocycles. The van der Waals surface area contributed by atoms with Gasteiger partial charge in [0.05, 0.1) is 30.3 Å². The number of nitrogens with one attached hydrogen (secondary N) is 2. The Morgan fingerprint density at radius 3 is 2.32 bits per heavy atom. The van der Waals surface area contributed by atoms with Gasteiger partial charge in [0, 0.05) is 60.3 Å². The van der Waals surface area contributed by atoms with Gasteiger partial charge in [-0.05, 0) is 69.8 Å². The first-order chi connectivity index (χ1) is 23.3. The van der Waals surface area contributed by atoms with Gasteiger partial charge in [0.25, 0.3) is 15.7 Å². The summed E-state index contributed by atoms with van der Waals surface area (Å²) in [5, 5.41) is 5.93. The number of methoxy groups -OCH3 is 1. The number of likely N-dealkylation sites (N-methyl/N-ethyl adjacent to an activating group) is 1. The zero-order chi connectivity index (χ0) is 37.1. The van der Waals surface area contributed by atoms with E-state index in [9.17, 15) is 31.2 Å². The quantitative estimate of drug-likeness (QED) is 0.174. The second-order valence-electron chi connectivity index (χ2n) is 11.9. The number of anilines is 4. The highest BCUT2D eigenvalue weighted by atomic mass is 32.2. The van der Waals surface area contributed by atoms with E-state index < -0.39 is 33.3 Å². The molecule has 0 radical (unpaired) electrons. The fourth-order valence-corrected chi connectivity index (χ4v) is 5.45. The van der Waals surface area contributed by atoms with Crippen molar-refractivity contribution in [2.24, 2.45) is 0 Å². The summed E-state index contributed by atoms with van der Waals surface area (Å²) in [6.45, 7) is 11.1. The van der Waals surface area contributed by atoms with Crippen LogP contribution in [0.5, 0.6) is 5.75 Å². The molecule has 2 aromatic heterocycles. The van der Waals surface area contributed by atoms with Crippen molar-refractivity contribution in [2.75, 3.05) is 49.0 Å². The molecule has 1 aliphatic heterocycles. The van der Waals surface area contributed by atoms with Crippen molar-refractivity contribution in [2.45, 2.75) is 39.0 Å². The SMILES string of the molecule is C=CC(=O)Nc1cc(-n2c(=O)cc(C)c3cnc(Nc4ccc(N5CC(C)N(C)C(C)C5)cc4OC)nc32)cc(C(F)(F)F)c1.CS(=O)(=O)O. The van der Waals surface area contributed by atoms with Gasteiger partial charge in [0.2, 0.25) is 11.9 Å². The molecule has 268 valence electrons. The van der Waals surface area contributed by atoms with Gasteiger partial charge in [-0.25, -0.2) is 4.98 Å². The number of pyridine rings is 1. The largest absolute Gasteiger partial charge is 0.494 e. The highest BCUT2D eigenvalue weighted by molar-refractivity contribution is 7.85. The lowest BCUT2D eigenvalue weighted by Gasteiger charge is -2.43. The molecule has 1 aliphatic rings. The lowest BCUT2D eigenvalue weighted by molar-refractivity contribution is -0.137. The number of benzene rings is 2. The Balaban J connectivity index is 0.00000105. The molecule has 5 rings (SSSR count). The van der Waals surface area contributed by atoms with Crippen molar-refractivity contribution in [3.8, 4) is 11.4 Å². The van der Waals surface area contributed by atoms with Crippen molar-refractivity contribution in [3.63, 3.8) is 0 Å². The molecule has 17 heteroatoms. The average molecular weight is 718 g/mol. The van der Waals surface area contributed by atoms with Gasteiger partial charge in [-0.3, -0.25) is 23.6 Å². The van der Waals surface area contributed by atoms with Gasteiger partial charge < -0.3 is 20.3 Å². The van der Waals surface area contributed by atoms with Crippen LogP contribution in [0.3, 0.4) is 0 Å². The molecule has 0 spiro atoms. The first kappa shape index (κ1) is 37.8. The first-order valence-electron chi connectivity index (χ1n) is 15.2. The van der Waals surface area contributed by atoms with E-state index in [0.29, 0.717) is 40.7 Å². The normalized spacial score (nSPS) is 16.7. The minimum Gasteiger partial charge on any atom is -0.494 e. The van der Waals surface area contributed by atoms with Crippen LogP contribution in [0.15, 0.2) is 66.1 Å². The fraction of sp³-hybridized carbons (Fsp3) is 0.333. The maximum absolute atomic E-state index is 13.9. The zero-order valence-corrected chi connectivity index (χ0v) is 29.1. The Morgan fingerprint density at radius 1 is 1.10 bits per heavy atom. The van der Waals surface area contributed by atoms with E-state index in [2.05, 4.69) is 57.9 Å². The lowest BCUT2D eigenvalue weighted by atomic mass is 10.1. The van der Waals surface area contributed by atoms with Crippen molar-refractivity contribution >= 4 is 50.1 Å². The number of amides is 1. The molecular weight excluding hydrogens is 679 g/mol. The number of fused-ring (bicyclic) bond motifs is 1. The lowest BCUT2D eigenvalue weighted by Crippen LogP contribution is -2.55. The van der Waals surface area contributed by atoms with E-state index in [4.69, 9.17) is 9.29 Å². The molecule has 1 amide bonds. The van der Waals surface area contributed by atoms with Crippen LogP contribution in [0.2, 0.25) is 0 Å². The highest BCUT2D eigenvalue weighted by Gasteiger charge is 2.32.